The summed E-state index contributed by atoms with van der Waals surface area (Å²) in [5, 5.41) is 8.42. The molecule has 162 valence electrons. The van der Waals surface area contributed by atoms with E-state index in [9.17, 15) is 14.0 Å². The molecule has 0 aliphatic carbocycles. The van der Waals surface area contributed by atoms with Crippen molar-refractivity contribution in [3.8, 4) is 0 Å². The summed E-state index contributed by atoms with van der Waals surface area (Å²) < 4.78 is 14.9. The molecule has 4 rings (SSSR count). The molecule has 0 spiro atoms. The highest BCUT2D eigenvalue weighted by molar-refractivity contribution is 6.05. The molecule has 1 amide bonds. The molecular weight excluding hydrogens is 405 g/mol. The van der Waals surface area contributed by atoms with Crippen molar-refractivity contribution in [3.05, 3.63) is 112 Å². The van der Waals surface area contributed by atoms with E-state index in [1.54, 1.807) is 36.4 Å². The van der Waals surface area contributed by atoms with Crippen molar-refractivity contribution < 1.29 is 9.18 Å². The molecule has 5 nitrogen and oxygen atoms in total. The number of carbonyl (C=O) groups excluding carboxylic acids is 1. The molecule has 32 heavy (non-hydrogen) atoms. The molecule has 1 unspecified atom stereocenters. The van der Waals surface area contributed by atoms with E-state index in [4.69, 9.17) is 0 Å². The Morgan fingerprint density at radius 2 is 1.50 bits per heavy atom. The summed E-state index contributed by atoms with van der Waals surface area (Å²) in [7, 11) is 0. The molecule has 1 aromatic heterocycles. The van der Waals surface area contributed by atoms with Gasteiger partial charge in [0, 0.05) is 11.9 Å². The minimum absolute atomic E-state index is 0.184. The Bertz CT molecular complexity index is 1300. The number of hydrogen-bond donors (Lipinski definition) is 1. The average molecular weight is 429 g/mol. The summed E-state index contributed by atoms with van der Waals surface area (Å²) in [6.45, 7) is 4.38. The van der Waals surface area contributed by atoms with E-state index in [2.05, 4.69) is 10.4 Å². The predicted octanol–water partition coefficient (Wildman–Crippen LogP) is 4.71. The third-order valence-corrected chi connectivity index (χ3v) is 5.23. The molecule has 0 aliphatic heterocycles. The largest absolute Gasteiger partial charge is 0.340 e. The molecule has 0 saturated carbocycles. The Kier molecular flexibility index (Phi) is 6.12. The smallest absolute Gasteiger partial charge is 0.274 e. The van der Waals surface area contributed by atoms with Gasteiger partial charge in [0.25, 0.3) is 11.5 Å². The van der Waals surface area contributed by atoms with Gasteiger partial charge < -0.3 is 5.32 Å². The molecule has 0 aliphatic rings. The zero-order valence-corrected chi connectivity index (χ0v) is 18.0. The van der Waals surface area contributed by atoms with Crippen LogP contribution >= 0.6 is 0 Å². The lowest BCUT2D eigenvalue weighted by Gasteiger charge is -2.20. The summed E-state index contributed by atoms with van der Waals surface area (Å²) in [4.78, 5) is 26.3. The van der Waals surface area contributed by atoms with E-state index in [-0.39, 0.29) is 23.0 Å². The van der Waals surface area contributed by atoms with Crippen molar-refractivity contribution in [2.45, 2.75) is 26.4 Å². The van der Waals surface area contributed by atoms with Gasteiger partial charge in [0.15, 0.2) is 5.69 Å². The molecule has 1 atom stereocenters. The van der Waals surface area contributed by atoms with Crippen molar-refractivity contribution >= 4 is 16.7 Å². The number of aromatic nitrogens is 2. The van der Waals surface area contributed by atoms with Gasteiger partial charge in [-0.3, -0.25) is 9.59 Å². The van der Waals surface area contributed by atoms with Crippen molar-refractivity contribution in [2.24, 2.45) is 5.92 Å². The quantitative estimate of drug-likeness (QED) is 0.483. The molecular formula is C26H24FN3O2. The first-order chi connectivity index (χ1) is 15.4. The number of nitrogens with one attached hydrogen (secondary N) is 1. The lowest BCUT2D eigenvalue weighted by atomic mass is 9.98. The molecule has 1 heterocycles. The second kappa shape index (κ2) is 9.14. The van der Waals surface area contributed by atoms with Crippen LogP contribution in [0.2, 0.25) is 0 Å². The molecule has 4 aromatic rings. The molecule has 3 aromatic carbocycles. The second-order valence-corrected chi connectivity index (χ2v) is 8.14. The van der Waals surface area contributed by atoms with Crippen LogP contribution in [-0.4, -0.2) is 15.7 Å². The predicted molar refractivity (Wildman–Crippen MR) is 123 cm³/mol. The Morgan fingerprint density at radius 3 is 2.16 bits per heavy atom. The highest BCUT2D eigenvalue weighted by Crippen LogP contribution is 2.24. The number of carbonyl (C=O) groups is 1. The lowest BCUT2D eigenvalue weighted by molar-refractivity contribution is 0.0937. The van der Waals surface area contributed by atoms with Crippen LogP contribution in [0.1, 0.15) is 41.5 Å². The highest BCUT2D eigenvalue weighted by Gasteiger charge is 2.22. The van der Waals surface area contributed by atoms with Crippen molar-refractivity contribution in [2.75, 3.05) is 0 Å². The molecule has 1 N–H and O–H groups in total. The first kappa shape index (κ1) is 21.4. The fourth-order valence-electron chi connectivity index (χ4n) is 3.73. The van der Waals surface area contributed by atoms with Crippen LogP contribution in [0.5, 0.6) is 0 Å². The maximum Gasteiger partial charge on any atom is 0.274 e. The SMILES string of the molecule is CC(C)Cn1nc(C(=O)NC(c2ccccc2)c2ccc(F)cc2)c2ccccc2c1=O. The maximum atomic E-state index is 13.5. The number of benzene rings is 3. The zero-order chi connectivity index (χ0) is 22.7. The first-order valence-electron chi connectivity index (χ1n) is 10.5. The third kappa shape index (κ3) is 4.44. The van der Waals surface area contributed by atoms with Gasteiger partial charge in [-0.15, -0.1) is 0 Å². The first-order valence-corrected chi connectivity index (χ1v) is 10.5. The van der Waals surface area contributed by atoms with Crippen LogP contribution in [0.25, 0.3) is 10.8 Å². The van der Waals surface area contributed by atoms with E-state index < -0.39 is 11.9 Å². The Hall–Kier alpha value is -3.80. The number of fused-ring (bicyclic) bond motifs is 1. The van der Waals surface area contributed by atoms with Gasteiger partial charge in [-0.25, -0.2) is 9.07 Å². The summed E-state index contributed by atoms with van der Waals surface area (Å²) in [5.41, 5.74) is 1.56. The van der Waals surface area contributed by atoms with E-state index >= 15 is 0 Å². The molecule has 6 heteroatoms. The van der Waals surface area contributed by atoms with Crippen molar-refractivity contribution in [1.82, 2.24) is 15.1 Å². The summed E-state index contributed by atoms with van der Waals surface area (Å²) in [5.74, 6) is -0.564. The monoisotopic (exact) mass is 429 g/mol. The van der Waals surface area contributed by atoms with Gasteiger partial charge in [-0.2, -0.15) is 5.10 Å². The standard InChI is InChI=1S/C26H24FN3O2/c1-17(2)16-30-26(32)22-11-7-6-10-21(22)24(29-30)25(31)28-23(18-8-4-3-5-9-18)19-12-14-20(27)15-13-19/h3-15,17,23H,16H2,1-2H3,(H,28,31). The van der Waals surface area contributed by atoms with Crippen LogP contribution in [-0.2, 0) is 6.54 Å². The van der Waals surface area contributed by atoms with Crippen molar-refractivity contribution in [1.29, 1.82) is 0 Å². The van der Waals surface area contributed by atoms with E-state index in [0.29, 0.717) is 17.3 Å². The summed E-state index contributed by atoms with van der Waals surface area (Å²) in [6, 6.07) is 22.0. The maximum absolute atomic E-state index is 13.5. The molecule has 0 fully saturated rings. The van der Waals surface area contributed by atoms with Gasteiger partial charge >= 0.3 is 0 Å². The van der Waals surface area contributed by atoms with Crippen molar-refractivity contribution in [3.63, 3.8) is 0 Å². The van der Waals surface area contributed by atoms with Gasteiger partial charge in [0.1, 0.15) is 5.82 Å². The third-order valence-electron chi connectivity index (χ3n) is 5.23. The molecule has 0 bridgehead atoms. The normalized spacial score (nSPS) is 12.1. The van der Waals surface area contributed by atoms with Crippen LogP contribution in [0, 0.1) is 11.7 Å². The van der Waals surface area contributed by atoms with E-state index in [1.807, 2.05) is 44.2 Å². The van der Waals surface area contributed by atoms with Gasteiger partial charge in [-0.1, -0.05) is 74.5 Å². The fourth-order valence-corrected chi connectivity index (χ4v) is 3.73. The van der Waals surface area contributed by atoms with Crippen LogP contribution in [0.15, 0.2) is 83.7 Å². The Labute approximate surface area is 185 Å². The number of hydrogen-bond acceptors (Lipinski definition) is 3. The Morgan fingerprint density at radius 1 is 0.906 bits per heavy atom. The highest BCUT2D eigenvalue weighted by atomic mass is 19.1. The second-order valence-electron chi connectivity index (χ2n) is 8.14. The average Bonchev–Trinajstić information content (AvgIpc) is 2.80. The molecule has 0 radical (unpaired) electrons. The van der Waals surface area contributed by atoms with Gasteiger partial charge in [-0.05, 0) is 35.2 Å². The van der Waals surface area contributed by atoms with E-state index in [1.165, 1.54) is 16.8 Å². The lowest BCUT2D eigenvalue weighted by Crippen LogP contribution is -2.34. The van der Waals surface area contributed by atoms with Crippen LogP contribution < -0.4 is 10.9 Å². The summed E-state index contributed by atoms with van der Waals surface area (Å²) in [6.07, 6.45) is 0. The fraction of sp³-hybridized carbons (Fsp3) is 0.192. The van der Waals surface area contributed by atoms with Crippen LogP contribution in [0.4, 0.5) is 4.39 Å². The minimum Gasteiger partial charge on any atom is -0.340 e. The number of amides is 1. The number of rotatable bonds is 6. The Balaban J connectivity index is 1.79. The van der Waals surface area contributed by atoms with Crippen LogP contribution in [0.3, 0.4) is 0 Å². The number of nitrogens with zero attached hydrogens (tertiary/aromatic N) is 2. The molecule has 0 saturated heterocycles. The minimum atomic E-state index is -0.504. The van der Waals surface area contributed by atoms with Gasteiger partial charge in [0.05, 0.1) is 11.4 Å². The van der Waals surface area contributed by atoms with E-state index in [0.717, 1.165) is 11.1 Å². The number of halogens is 1. The summed E-state index contributed by atoms with van der Waals surface area (Å²) >= 11 is 0. The van der Waals surface area contributed by atoms with Gasteiger partial charge in [0.2, 0.25) is 0 Å². The zero-order valence-electron chi connectivity index (χ0n) is 18.0. The topological polar surface area (TPSA) is 64.0 Å².